The highest BCUT2D eigenvalue weighted by Gasteiger charge is 2.11. The van der Waals surface area contributed by atoms with E-state index in [9.17, 15) is 4.79 Å². The van der Waals surface area contributed by atoms with Crippen LogP contribution in [0.4, 0.5) is 0 Å². The number of nitrogens with two attached hydrogens (primary N) is 1. The van der Waals surface area contributed by atoms with Crippen LogP contribution >= 0.6 is 0 Å². The Hall–Kier alpha value is -0.650. The second-order valence-electron chi connectivity index (χ2n) is 4.50. The van der Waals surface area contributed by atoms with Gasteiger partial charge in [-0.05, 0) is 18.8 Å². The Balaban J connectivity index is 3.44. The molecule has 0 radical (unpaired) electrons. The zero-order valence-corrected chi connectivity index (χ0v) is 11.2. The van der Waals surface area contributed by atoms with E-state index in [4.69, 9.17) is 15.2 Å². The molecule has 0 aromatic rings. The molecule has 0 spiro atoms. The maximum atomic E-state index is 11.5. The SMILES string of the molecule is COCCCC(N)C(=O)NCCOCC(C)C. The molecule has 5 heteroatoms. The van der Waals surface area contributed by atoms with Crippen molar-refractivity contribution in [2.75, 3.05) is 33.5 Å². The lowest BCUT2D eigenvalue weighted by Crippen LogP contribution is -2.42. The van der Waals surface area contributed by atoms with Gasteiger partial charge in [-0.3, -0.25) is 4.79 Å². The quantitative estimate of drug-likeness (QED) is 0.551. The van der Waals surface area contributed by atoms with E-state index < -0.39 is 6.04 Å². The lowest BCUT2D eigenvalue weighted by Gasteiger charge is -2.12. The summed E-state index contributed by atoms with van der Waals surface area (Å²) in [5.74, 6) is 0.399. The van der Waals surface area contributed by atoms with E-state index in [1.807, 2.05) is 0 Å². The summed E-state index contributed by atoms with van der Waals surface area (Å²) in [6, 6.07) is -0.449. The molecular weight excluding hydrogens is 220 g/mol. The molecular formula is C12H26N2O3. The van der Waals surface area contributed by atoms with Crippen LogP contribution in [0.3, 0.4) is 0 Å². The highest BCUT2D eigenvalue weighted by atomic mass is 16.5. The molecule has 102 valence electrons. The van der Waals surface area contributed by atoms with E-state index in [0.717, 1.165) is 13.0 Å². The van der Waals surface area contributed by atoms with Crippen molar-refractivity contribution in [3.05, 3.63) is 0 Å². The molecule has 1 atom stereocenters. The molecule has 0 fully saturated rings. The first kappa shape index (κ1) is 16.4. The van der Waals surface area contributed by atoms with Crippen molar-refractivity contribution in [1.29, 1.82) is 0 Å². The summed E-state index contributed by atoms with van der Waals surface area (Å²) in [5.41, 5.74) is 5.71. The smallest absolute Gasteiger partial charge is 0.236 e. The third kappa shape index (κ3) is 10.2. The monoisotopic (exact) mass is 246 g/mol. The topological polar surface area (TPSA) is 73.6 Å². The van der Waals surface area contributed by atoms with Crippen molar-refractivity contribution in [3.8, 4) is 0 Å². The molecule has 0 aliphatic heterocycles. The summed E-state index contributed by atoms with van der Waals surface area (Å²) in [5, 5.41) is 2.75. The van der Waals surface area contributed by atoms with Gasteiger partial charge in [-0.2, -0.15) is 0 Å². The average molecular weight is 246 g/mol. The van der Waals surface area contributed by atoms with E-state index >= 15 is 0 Å². The van der Waals surface area contributed by atoms with Crippen molar-refractivity contribution in [2.45, 2.75) is 32.7 Å². The largest absolute Gasteiger partial charge is 0.385 e. The van der Waals surface area contributed by atoms with Gasteiger partial charge in [0.25, 0.3) is 0 Å². The van der Waals surface area contributed by atoms with Crippen molar-refractivity contribution < 1.29 is 14.3 Å². The molecule has 0 saturated carbocycles. The van der Waals surface area contributed by atoms with Crippen LogP contribution in [0.2, 0.25) is 0 Å². The number of hydrogen-bond acceptors (Lipinski definition) is 4. The lowest BCUT2D eigenvalue weighted by molar-refractivity contribution is -0.122. The third-order valence-corrected chi connectivity index (χ3v) is 2.20. The van der Waals surface area contributed by atoms with Crippen molar-refractivity contribution >= 4 is 5.91 Å². The van der Waals surface area contributed by atoms with Gasteiger partial charge in [-0.25, -0.2) is 0 Å². The van der Waals surface area contributed by atoms with Crippen LogP contribution in [0.25, 0.3) is 0 Å². The van der Waals surface area contributed by atoms with Crippen LogP contribution in [0.5, 0.6) is 0 Å². The number of rotatable bonds is 10. The number of hydrogen-bond donors (Lipinski definition) is 2. The van der Waals surface area contributed by atoms with E-state index in [1.54, 1.807) is 7.11 Å². The van der Waals surface area contributed by atoms with E-state index in [-0.39, 0.29) is 5.91 Å². The minimum Gasteiger partial charge on any atom is -0.385 e. The molecule has 0 saturated heterocycles. The van der Waals surface area contributed by atoms with E-state index in [1.165, 1.54) is 0 Å². The Morgan fingerprint density at radius 2 is 2.06 bits per heavy atom. The number of nitrogens with one attached hydrogen (secondary N) is 1. The van der Waals surface area contributed by atoms with Gasteiger partial charge < -0.3 is 20.5 Å². The molecule has 3 N–H and O–H groups in total. The van der Waals surface area contributed by atoms with Crippen molar-refractivity contribution in [1.82, 2.24) is 5.32 Å². The molecule has 0 aliphatic rings. The Kier molecular flexibility index (Phi) is 10.1. The van der Waals surface area contributed by atoms with E-state index in [2.05, 4.69) is 19.2 Å². The summed E-state index contributed by atoms with van der Waals surface area (Å²) in [4.78, 5) is 11.5. The Bertz CT molecular complexity index is 198. The molecule has 0 bridgehead atoms. The van der Waals surface area contributed by atoms with Gasteiger partial charge >= 0.3 is 0 Å². The molecule has 0 aromatic heterocycles. The molecule has 0 aliphatic carbocycles. The number of amides is 1. The third-order valence-electron chi connectivity index (χ3n) is 2.20. The minimum absolute atomic E-state index is 0.116. The van der Waals surface area contributed by atoms with Gasteiger partial charge in [-0.1, -0.05) is 13.8 Å². The highest BCUT2D eigenvalue weighted by Crippen LogP contribution is 1.95. The minimum atomic E-state index is -0.449. The van der Waals surface area contributed by atoms with Crippen molar-refractivity contribution in [3.63, 3.8) is 0 Å². The summed E-state index contributed by atoms with van der Waals surface area (Å²) in [6.45, 7) is 6.58. The maximum absolute atomic E-state index is 11.5. The second kappa shape index (κ2) is 10.5. The van der Waals surface area contributed by atoms with Crippen LogP contribution in [0.1, 0.15) is 26.7 Å². The fourth-order valence-corrected chi connectivity index (χ4v) is 1.28. The normalized spacial score (nSPS) is 12.8. The predicted molar refractivity (Wildman–Crippen MR) is 67.8 cm³/mol. The van der Waals surface area contributed by atoms with Gasteiger partial charge in [0.2, 0.25) is 5.91 Å². The van der Waals surface area contributed by atoms with Crippen LogP contribution in [0, 0.1) is 5.92 Å². The Morgan fingerprint density at radius 1 is 1.35 bits per heavy atom. The van der Waals surface area contributed by atoms with E-state index in [0.29, 0.717) is 32.1 Å². The van der Waals surface area contributed by atoms with Gasteiger partial charge in [0.05, 0.1) is 12.6 Å². The molecule has 17 heavy (non-hydrogen) atoms. The number of methoxy groups -OCH3 is 1. The Labute approximate surface area is 104 Å². The zero-order valence-electron chi connectivity index (χ0n) is 11.2. The summed E-state index contributed by atoms with van der Waals surface area (Å²) in [7, 11) is 1.64. The molecule has 0 heterocycles. The van der Waals surface area contributed by atoms with Gasteiger partial charge in [0, 0.05) is 26.9 Å². The fraction of sp³-hybridized carbons (Fsp3) is 0.917. The zero-order chi connectivity index (χ0) is 13.1. The number of carbonyl (C=O) groups is 1. The summed E-state index contributed by atoms with van der Waals surface area (Å²) < 4.78 is 10.2. The first-order chi connectivity index (χ1) is 8.07. The number of carbonyl (C=O) groups excluding carboxylic acids is 1. The average Bonchev–Trinajstić information content (AvgIpc) is 2.28. The lowest BCUT2D eigenvalue weighted by atomic mass is 10.1. The van der Waals surface area contributed by atoms with Crippen LogP contribution in [-0.4, -0.2) is 45.4 Å². The predicted octanol–water partition coefficient (Wildman–Crippen LogP) is 0.529. The molecule has 1 unspecified atom stereocenters. The summed E-state index contributed by atoms with van der Waals surface area (Å²) >= 11 is 0. The fourth-order valence-electron chi connectivity index (χ4n) is 1.28. The highest BCUT2D eigenvalue weighted by molar-refractivity contribution is 5.81. The first-order valence-electron chi connectivity index (χ1n) is 6.18. The molecule has 0 rings (SSSR count). The van der Waals surface area contributed by atoms with Crippen LogP contribution in [0.15, 0.2) is 0 Å². The van der Waals surface area contributed by atoms with Gasteiger partial charge in [0.15, 0.2) is 0 Å². The molecule has 5 nitrogen and oxygen atoms in total. The first-order valence-corrected chi connectivity index (χ1v) is 6.18. The standard InChI is InChI=1S/C12H26N2O3/c1-10(2)9-17-8-6-14-12(15)11(13)5-4-7-16-3/h10-11H,4-9,13H2,1-3H3,(H,14,15). The summed E-state index contributed by atoms with van der Waals surface area (Å²) in [6.07, 6.45) is 1.45. The van der Waals surface area contributed by atoms with Gasteiger partial charge in [0.1, 0.15) is 0 Å². The molecule has 0 aromatic carbocycles. The second-order valence-corrected chi connectivity index (χ2v) is 4.50. The van der Waals surface area contributed by atoms with Crippen molar-refractivity contribution in [2.24, 2.45) is 11.7 Å². The number of ether oxygens (including phenoxy) is 2. The Morgan fingerprint density at radius 3 is 2.65 bits per heavy atom. The van der Waals surface area contributed by atoms with Gasteiger partial charge in [-0.15, -0.1) is 0 Å². The molecule has 1 amide bonds. The van der Waals surface area contributed by atoms with Crippen LogP contribution < -0.4 is 11.1 Å². The van der Waals surface area contributed by atoms with Crippen LogP contribution in [-0.2, 0) is 14.3 Å². The maximum Gasteiger partial charge on any atom is 0.236 e.